The molecule has 0 saturated heterocycles. The van der Waals surface area contributed by atoms with Gasteiger partial charge in [-0.3, -0.25) is 0 Å². The van der Waals surface area contributed by atoms with Gasteiger partial charge in [0.15, 0.2) is 0 Å². The number of aliphatic hydroxyl groups excluding tert-OH is 1. The van der Waals surface area contributed by atoms with Gasteiger partial charge in [0.25, 0.3) is 0 Å². The molecule has 1 saturated carbocycles. The summed E-state index contributed by atoms with van der Waals surface area (Å²) in [5.41, 5.74) is 0. The van der Waals surface area contributed by atoms with E-state index in [0.717, 1.165) is 32.1 Å². The second-order valence-corrected chi connectivity index (χ2v) is 6.75. The molecule has 0 bridgehead atoms. The van der Waals surface area contributed by atoms with Crippen molar-refractivity contribution in [2.75, 3.05) is 13.7 Å². The van der Waals surface area contributed by atoms with Gasteiger partial charge in [-0.15, -0.1) is 22.9 Å². The van der Waals surface area contributed by atoms with Gasteiger partial charge >= 0.3 is 5.97 Å². The molecule has 1 N–H and O–H groups in total. The van der Waals surface area contributed by atoms with Gasteiger partial charge in [-0.05, 0) is 43.7 Å². The molecule has 1 aromatic heterocycles. The van der Waals surface area contributed by atoms with Crippen LogP contribution in [-0.2, 0) is 11.2 Å². The van der Waals surface area contributed by atoms with Crippen molar-refractivity contribution in [1.29, 1.82) is 0 Å². The number of aliphatic hydroxyl groups is 1. The molecule has 2 atom stereocenters. The van der Waals surface area contributed by atoms with E-state index >= 15 is 0 Å². The van der Waals surface area contributed by atoms with Gasteiger partial charge in [0.05, 0.1) is 7.11 Å². The van der Waals surface area contributed by atoms with Crippen molar-refractivity contribution in [1.82, 2.24) is 0 Å². The van der Waals surface area contributed by atoms with E-state index in [1.807, 2.05) is 26.0 Å². The van der Waals surface area contributed by atoms with Gasteiger partial charge in [0.1, 0.15) is 4.88 Å². The molecule has 128 valence electrons. The largest absolute Gasteiger partial charge is 0.465 e. The van der Waals surface area contributed by atoms with Crippen LogP contribution >= 0.6 is 22.9 Å². The van der Waals surface area contributed by atoms with E-state index in [0.29, 0.717) is 22.8 Å². The number of esters is 1. The molecule has 0 aliphatic heterocycles. The van der Waals surface area contributed by atoms with Crippen LogP contribution in [0.4, 0.5) is 0 Å². The highest BCUT2D eigenvalue weighted by molar-refractivity contribution is 7.13. The van der Waals surface area contributed by atoms with Crippen LogP contribution in [-0.4, -0.2) is 30.2 Å². The van der Waals surface area contributed by atoms with Crippen LogP contribution in [0.1, 0.15) is 61.0 Å². The van der Waals surface area contributed by atoms with Crippen LogP contribution in [0.2, 0.25) is 0 Å². The highest BCUT2D eigenvalue weighted by atomic mass is 35.5. The molecule has 5 heteroatoms. The lowest BCUT2D eigenvalue weighted by atomic mass is 10.1. The Hall–Kier alpha value is -0.580. The van der Waals surface area contributed by atoms with E-state index in [4.69, 9.17) is 16.7 Å². The van der Waals surface area contributed by atoms with Crippen LogP contribution in [0.5, 0.6) is 0 Å². The Labute approximate surface area is 143 Å². The number of rotatable bonds is 4. The predicted octanol–water partition coefficient (Wildman–Crippen LogP) is 4.90. The van der Waals surface area contributed by atoms with Gasteiger partial charge < -0.3 is 9.84 Å². The van der Waals surface area contributed by atoms with Crippen molar-refractivity contribution in [2.24, 2.45) is 5.92 Å². The first-order valence-corrected chi connectivity index (χ1v) is 9.27. The zero-order valence-corrected chi connectivity index (χ0v) is 15.7. The van der Waals surface area contributed by atoms with Crippen LogP contribution in [0.25, 0.3) is 0 Å². The molecule has 0 spiro atoms. The van der Waals surface area contributed by atoms with Gasteiger partial charge in [0, 0.05) is 16.9 Å². The second kappa shape index (κ2) is 12.9. The molecule has 3 nitrogen and oxygen atoms in total. The van der Waals surface area contributed by atoms with Gasteiger partial charge in [-0.2, -0.15) is 0 Å². The molecule has 2 unspecified atom stereocenters. The first kappa shape index (κ1) is 21.4. The molecule has 0 amide bonds. The maximum atomic E-state index is 11.0. The number of carbonyl (C=O) groups excluding carboxylic acids is 1. The molecular weight excluding hydrogens is 320 g/mol. The molecule has 0 radical (unpaired) electrons. The van der Waals surface area contributed by atoms with E-state index in [1.54, 1.807) is 0 Å². The van der Waals surface area contributed by atoms with Crippen molar-refractivity contribution < 1.29 is 14.6 Å². The fraction of sp³-hybridized carbons (Fsp3) is 0.706. The van der Waals surface area contributed by atoms with Crippen molar-refractivity contribution >= 4 is 28.9 Å². The molecule has 22 heavy (non-hydrogen) atoms. The highest BCUT2D eigenvalue weighted by Crippen LogP contribution is 2.28. The molecule has 1 aromatic rings. The summed E-state index contributed by atoms with van der Waals surface area (Å²) in [4.78, 5) is 13.0. The fourth-order valence-corrected chi connectivity index (χ4v) is 3.55. The highest BCUT2D eigenvalue weighted by Gasteiger charge is 2.21. The SMILES string of the molecule is CC.CCCc1ccc(C(=O)OC)s1.OCC1CCC(Cl)C1. The zero-order valence-electron chi connectivity index (χ0n) is 14.1. The summed E-state index contributed by atoms with van der Waals surface area (Å²) in [5.74, 6) is 0.264. The predicted molar refractivity (Wildman–Crippen MR) is 95.1 cm³/mol. The summed E-state index contributed by atoms with van der Waals surface area (Å²) >= 11 is 7.29. The normalized spacial score (nSPS) is 19.5. The van der Waals surface area contributed by atoms with Crippen molar-refractivity contribution in [3.05, 3.63) is 21.9 Å². The fourth-order valence-electron chi connectivity index (χ4n) is 2.15. The third-order valence-electron chi connectivity index (χ3n) is 3.28. The van der Waals surface area contributed by atoms with Gasteiger partial charge in [0.2, 0.25) is 0 Å². The number of alkyl halides is 1. The summed E-state index contributed by atoms with van der Waals surface area (Å²) in [5, 5.41) is 8.97. The smallest absolute Gasteiger partial charge is 0.348 e. The molecule has 1 aliphatic carbocycles. The Morgan fingerprint density at radius 3 is 2.50 bits per heavy atom. The van der Waals surface area contributed by atoms with Crippen LogP contribution in [0, 0.1) is 5.92 Å². The van der Waals surface area contributed by atoms with Gasteiger partial charge in [-0.1, -0.05) is 27.2 Å². The third-order valence-corrected chi connectivity index (χ3v) is 4.80. The molecular formula is C17H29ClO3S. The van der Waals surface area contributed by atoms with Crippen LogP contribution < -0.4 is 0 Å². The minimum Gasteiger partial charge on any atom is -0.465 e. The Kier molecular flexibility index (Phi) is 12.6. The second-order valence-electron chi connectivity index (χ2n) is 4.97. The maximum absolute atomic E-state index is 11.0. The average Bonchev–Trinajstić information content (AvgIpc) is 3.18. The summed E-state index contributed by atoms with van der Waals surface area (Å²) in [6.45, 7) is 6.45. The summed E-state index contributed by atoms with van der Waals surface area (Å²) in [7, 11) is 1.40. The monoisotopic (exact) mass is 348 g/mol. The zero-order chi connectivity index (χ0) is 17.0. The Bertz CT molecular complexity index is 406. The number of hydrogen-bond donors (Lipinski definition) is 1. The molecule has 0 aromatic carbocycles. The van der Waals surface area contributed by atoms with Crippen molar-refractivity contribution in [3.63, 3.8) is 0 Å². The Balaban J connectivity index is 0.000000382. The quantitative estimate of drug-likeness (QED) is 0.621. The van der Waals surface area contributed by atoms with Gasteiger partial charge in [-0.25, -0.2) is 4.79 Å². The standard InChI is InChI=1S/C9H12O2S.C6H11ClO.C2H6/c1-3-4-7-5-6-8(12-7)9(10)11-2;7-6-2-1-5(3-6)4-8;1-2/h5-6H,3-4H2,1-2H3;5-6,8H,1-4H2;1-2H3. The van der Waals surface area contributed by atoms with Crippen molar-refractivity contribution in [2.45, 2.75) is 58.3 Å². The van der Waals surface area contributed by atoms with E-state index in [2.05, 4.69) is 11.7 Å². The minimum atomic E-state index is -0.234. The van der Waals surface area contributed by atoms with E-state index < -0.39 is 0 Å². The number of halogens is 1. The number of thiophene rings is 1. The van der Waals surface area contributed by atoms with Crippen LogP contribution in [0.3, 0.4) is 0 Å². The average molecular weight is 349 g/mol. The lowest BCUT2D eigenvalue weighted by Gasteiger charge is -2.00. The molecule has 2 rings (SSSR count). The molecule has 1 aliphatic rings. The number of methoxy groups -OCH3 is 1. The van der Waals surface area contributed by atoms with E-state index in [-0.39, 0.29) is 5.97 Å². The lowest BCUT2D eigenvalue weighted by Crippen LogP contribution is -1.99. The van der Waals surface area contributed by atoms with Crippen molar-refractivity contribution in [3.8, 4) is 0 Å². The lowest BCUT2D eigenvalue weighted by molar-refractivity contribution is 0.0606. The third kappa shape index (κ3) is 8.16. The van der Waals surface area contributed by atoms with Crippen LogP contribution in [0.15, 0.2) is 12.1 Å². The number of ether oxygens (including phenoxy) is 1. The Morgan fingerprint density at radius 1 is 1.41 bits per heavy atom. The first-order chi connectivity index (χ1) is 10.6. The molecule has 1 heterocycles. The molecule has 1 fully saturated rings. The number of aryl methyl sites for hydroxylation is 1. The number of hydrogen-bond acceptors (Lipinski definition) is 4. The maximum Gasteiger partial charge on any atom is 0.348 e. The summed E-state index contributed by atoms with van der Waals surface area (Å²) < 4.78 is 4.60. The minimum absolute atomic E-state index is 0.234. The first-order valence-electron chi connectivity index (χ1n) is 8.02. The topological polar surface area (TPSA) is 46.5 Å². The number of carbonyl (C=O) groups is 1. The van der Waals surface area contributed by atoms with E-state index in [1.165, 1.54) is 23.3 Å². The Morgan fingerprint density at radius 2 is 2.09 bits per heavy atom. The summed E-state index contributed by atoms with van der Waals surface area (Å²) in [6.07, 6.45) is 5.37. The van der Waals surface area contributed by atoms with E-state index in [9.17, 15) is 4.79 Å². The summed E-state index contributed by atoms with van der Waals surface area (Å²) in [6, 6.07) is 3.81.